The Hall–Kier alpha value is -1.73. The molecule has 2 fully saturated rings. The fourth-order valence-corrected chi connectivity index (χ4v) is 4.41. The van der Waals surface area contributed by atoms with Crippen molar-refractivity contribution >= 4 is 46.2 Å². The van der Waals surface area contributed by atoms with Crippen molar-refractivity contribution in [2.75, 3.05) is 19.6 Å². The van der Waals surface area contributed by atoms with Gasteiger partial charge in [-0.3, -0.25) is 14.5 Å². The predicted octanol–water partition coefficient (Wildman–Crippen LogP) is 3.82. The topological polar surface area (TPSA) is 40.6 Å². The highest BCUT2D eigenvalue weighted by molar-refractivity contribution is 8.26. The van der Waals surface area contributed by atoms with Crippen LogP contribution in [-0.2, 0) is 9.59 Å². The van der Waals surface area contributed by atoms with Crippen LogP contribution < -0.4 is 0 Å². The minimum Gasteiger partial charge on any atom is -0.343 e. The number of likely N-dealkylation sites (tertiary alicyclic amines) is 1. The highest BCUT2D eigenvalue weighted by Gasteiger charge is 2.32. The van der Waals surface area contributed by atoms with E-state index in [0.29, 0.717) is 14.8 Å². The third-order valence-electron chi connectivity index (χ3n) is 4.57. The third-order valence-corrected chi connectivity index (χ3v) is 5.95. The molecule has 0 atom stereocenters. The second kappa shape index (κ2) is 8.77. The zero-order valence-corrected chi connectivity index (χ0v) is 16.1. The molecule has 0 radical (unpaired) electrons. The van der Waals surface area contributed by atoms with E-state index in [0.717, 1.165) is 37.7 Å². The molecule has 0 aliphatic carbocycles. The number of hydrogen-bond donors (Lipinski definition) is 0. The Morgan fingerprint density at radius 2 is 1.88 bits per heavy atom. The maximum atomic E-state index is 13.8. The number of benzene rings is 1. The first-order valence-corrected chi connectivity index (χ1v) is 10.1. The maximum absolute atomic E-state index is 13.8. The Morgan fingerprint density at radius 1 is 1.19 bits per heavy atom. The zero-order valence-electron chi connectivity index (χ0n) is 14.4. The van der Waals surface area contributed by atoms with Gasteiger partial charge in [0.2, 0.25) is 5.91 Å². The molecule has 7 heteroatoms. The second-order valence-electron chi connectivity index (χ2n) is 6.40. The lowest BCUT2D eigenvalue weighted by Gasteiger charge is -2.22. The molecule has 2 heterocycles. The molecule has 2 saturated heterocycles. The van der Waals surface area contributed by atoms with Gasteiger partial charge in [0.05, 0.1) is 4.91 Å². The van der Waals surface area contributed by atoms with E-state index in [9.17, 15) is 14.0 Å². The van der Waals surface area contributed by atoms with Gasteiger partial charge in [-0.2, -0.15) is 0 Å². The molecule has 2 aliphatic rings. The van der Waals surface area contributed by atoms with E-state index >= 15 is 0 Å². The average Bonchev–Trinajstić information content (AvgIpc) is 2.83. The van der Waals surface area contributed by atoms with Crippen LogP contribution in [0.3, 0.4) is 0 Å². The largest absolute Gasteiger partial charge is 0.343 e. The molecule has 1 aromatic rings. The Kier molecular flexibility index (Phi) is 6.43. The van der Waals surface area contributed by atoms with Crippen molar-refractivity contribution in [3.63, 3.8) is 0 Å². The minimum absolute atomic E-state index is 0.0685. The van der Waals surface area contributed by atoms with Crippen molar-refractivity contribution in [2.24, 2.45) is 0 Å². The van der Waals surface area contributed by atoms with Crippen LogP contribution in [0.1, 0.15) is 37.7 Å². The molecule has 2 amide bonds. The third kappa shape index (κ3) is 4.51. The molecule has 0 bridgehead atoms. The van der Waals surface area contributed by atoms with Crippen LogP contribution in [0.5, 0.6) is 0 Å². The van der Waals surface area contributed by atoms with E-state index in [1.807, 2.05) is 4.90 Å². The molecule has 1 aromatic carbocycles. The van der Waals surface area contributed by atoms with Crippen LogP contribution in [0.4, 0.5) is 4.39 Å². The SMILES string of the molecule is O=C(CCN1C(=O)/C(=C\c2ccccc2F)SC1=S)N1CCCCCC1. The van der Waals surface area contributed by atoms with Crippen molar-refractivity contribution in [1.82, 2.24) is 9.80 Å². The maximum Gasteiger partial charge on any atom is 0.266 e. The molecule has 0 unspecified atom stereocenters. The molecule has 3 rings (SSSR count). The van der Waals surface area contributed by atoms with Crippen LogP contribution in [0, 0.1) is 5.82 Å². The number of carbonyl (C=O) groups is 2. The second-order valence-corrected chi connectivity index (χ2v) is 8.08. The Bertz CT molecular complexity index is 743. The van der Waals surface area contributed by atoms with Gasteiger partial charge < -0.3 is 4.90 Å². The number of halogens is 1. The Labute approximate surface area is 162 Å². The van der Waals surface area contributed by atoms with Crippen molar-refractivity contribution in [3.05, 3.63) is 40.6 Å². The fraction of sp³-hybridized carbons (Fsp3) is 0.421. The summed E-state index contributed by atoms with van der Waals surface area (Å²) in [6.45, 7) is 1.86. The number of nitrogens with zero attached hydrogens (tertiary/aromatic N) is 2. The van der Waals surface area contributed by atoms with Crippen LogP contribution in [0.2, 0.25) is 0 Å². The van der Waals surface area contributed by atoms with Crippen molar-refractivity contribution in [2.45, 2.75) is 32.1 Å². The Morgan fingerprint density at radius 3 is 2.58 bits per heavy atom. The fourth-order valence-electron chi connectivity index (χ4n) is 3.11. The summed E-state index contributed by atoms with van der Waals surface area (Å²) >= 11 is 6.44. The number of thioether (sulfide) groups is 1. The minimum atomic E-state index is -0.380. The van der Waals surface area contributed by atoms with Gasteiger partial charge in [0.1, 0.15) is 10.1 Å². The van der Waals surface area contributed by atoms with Crippen molar-refractivity contribution in [1.29, 1.82) is 0 Å². The smallest absolute Gasteiger partial charge is 0.266 e. The summed E-state index contributed by atoms with van der Waals surface area (Å²) < 4.78 is 14.2. The van der Waals surface area contributed by atoms with Gasteiger partial charge >= 0.3 is 0 Å². The lowest BCUT2D eigenvalue weighted by Crippen LogP contribution is -2.36. The van der Waals surface area contributed by atoms with E-state index < -0.39 is 0 Å². The van der Waals surface area contributed by atoms with Gasteiger partial charge in [0.15, 0.2) is 0 Å². The summed E-state index contributed by atoms with van der Waals surface area (Å²) in [6, 6.07) is 6.29. The van der Waals surface area contributed by atoms with Crippen LogP contribution in [-0.4, -0.2) is 45.6 Å². The summed E-state index contributed by atoms with van der Waals surface area (Å²) in [7, 11) is 0. The lowest BCUT2D eigenvalue weighted by atomic mass is 10.2. The highest BCUT2D eigenvalue weighted by atomic mass is 32.2. The van der Waals surface area contributed by atoms with Gasteiger partial charge in [-0.05, 0) is 25.0 Å². The highest BCUT2D eigenvalue weighted by Crippen LogP contribution is 2.33. The monoisotopic (exact) mass is 392 g/mol. The molecular formula is C19H21FN2O2S2. The summed E-state index contributed by atoms with van der Waals surface area (Å²) in [6.07, 6.45) is 6.19. The number of rotatable bonds is 4. The van der Waals surface area contributed by atoms with Crippen LogP contribution in [0.15, 0.2) is 29.2 Å². The van der Waals surface area contributed by atoms with Gasteiger partial charge in [-0.15, -0.1) is 0 Å². The number of hydrogen-bond acceptors (Lipinski definition) is 4. The van der Waals surface area contributed by atoms with E-state index in [2.05, 4.69) is 0 Å². The first-order valence-electron chi connectivity index (χ1n) is 8.84. The van der Waals surface area contributed by atoms with E-state index in [-0.39, 0.29) is 30.6 Å². The quantitative estimate of drug-likeness (QED) is 0.577. The van der Waals surface area contributed by atoms with E-state index in [1.54, 1.807) is 18.2 Å². The van der Waals surface area contributed by atoms with Crippen molar-refractivity contribution < 1.29 is 14.0 Å². The molecule has 4 nitrogen and oxygen atoms in total. The summed E-state index contributed by atoms with van der Waals surface area (Å²) in [5, 5.41) is 0. The molecule has 0 saturated carbocycles. The number of amides is 2. The summed E-state index contributed by atoms with van der Waals surface area (Å²) in [4.78, 5) is 28.7. The molecule has 0 aromatic heterocycles. The standard InChI is InChI=1S/C19H21FN2O2S2/c20-15-8-4-3-7-14(15)13-16-18(24)22(19(25)26-16)12-9-17(23)21-10-5-1-2-6-11-21/h3-4,7-8,13H,1-2,5-6,9-12H2/b16-13+. The summed E-state index contributed by atoms with van der Waals surface area (Å²) in [5.41, 5.74) is 0.355. The van der Waals surface area contributed by atoms with E-state index in [1.165, 1.54) is 29.9 Å². The molecule has 0 spiro atoms. The number of thiocarbonyl (C=S) groups is 1. The average molecular weight is 393 g/mol. The molecule has 138 valence electrons. The summed E-state index contributed by atoms with van der Waals surface area (Å²) in [5.74, 6) is -0.569. The van der Waals surface area contributed by atoms with Crippen LogP contribution in [0.25, 0.3) is 6.08 Å². The van der Waals surface area contributed by atoms with Gasteiger partial charge in [0, 0.05) is 31.6 Å². The first-order chi connectivity index (χ1) is 12.6. The molecule has 0 N–H and O–H groups in total. The Balaban J connectivity index is 1.62. The van der Waals surface area contributed by atoms with E-state index in [4.69, 9.17) is 12.2 Å². The van der Waals surface area contributed by atoms with Gasteiger partial charge in [-0.1, -0.05) is 55.0 Å². The normalized spacial score (nSPS) is 20.0. The van der Waals surface area contributed by atoms with Gasteiger partial charge in [-0.25, -0.2) is 4.39 Å². The molecular weight excluding hydrogens is 371 g/mol. The molecule has 26 heavy (non-hydrogen) atoms. The predicted molar refractivity (Wildman–Crippen MR) is 106 cm³/mol. The lowest BCUT2D eigenvalue weighted by molar-refractivity contribution is -0.131. The number of carbonyl (C=O) groups excluding carboxylic acids is 2. The van der Waals surface area contributed by atoms with Gasteiger partial charge in [0.25, 0.3) is 5.91 Å². The first kappa shape index (κ1) is 19.0. The van der Waals surface area contributed by atoms with Crippen molar-refractivity contribution in [3.8, 4) is 0 Å². The van der Waals surface area contributed by atoms with Crippen LogP contribution >= 0.6 is 24.0 Å². The zero-order chi connectivity index (χ0) is 18.5. The molecule has 2 aliphatic heterocycles.